The lowest BCUT2D eigenvalue weighted by Gasteiger charge is -2.31. The van der Waals surface area contributed by atoms with E-state index in [0.717, 1.165) is 30.2 Å². The maximum atomic E-state index is 4.88. The molecule has 6 heteroatoms. The van der Waals surface area contributed by atoms with Crippen LogP contribution < -0.4 is 10.6 Å². The third-order valence-corrected chi connectivity index (χ3v) is 5.97. The first-order chi connectivity index (χ1) is 10.7. The van der Waals surface area contributed by atoms with Crippen molar-refractivity contribution in [1.82, 2.24) is 15.5 Å². The Morgan fingerprint density at radius 1 is 1.26 bits per heavy atom. The predicted molar refractivity (Wildman–Crippen MR) is 114 cm³/mol. The lowest BCUT2D eigenvalue weighted by molar-refractivity contribution is 0.214. The van der Waals surface area contributed by atoms with Gasteiger partial charge in [0.1, 0.15) is 0 Å². The first-order valence-electron chi connectivity index (χ1n) is 8.97. The van der Waals surface area contributed by atoms with Gasteiger partial charge in [-0.1, -0.05) is 6.42 Å². The number of hydrogen-bond acceptors (Lipinski definition) is 3. The van der Waals surface area contributed by atoms with Crippen molar-refractivity contribution in [3.8, 4) is 0 Å². The Morgan fingerprint density at radius 2 is 2.09 bits per heavy atom. The summed E-state index contributed by atoms with van der Waals surface area (Å²) in [6, 6.07) is 0.595. The van der Waals surface area contributed by atoms with Crippen LogP contribution in [0.1, 0.15) is 45.4 Å². The first-order valence-corrected chi connectivity index (χ1v) is 10.3. The fraction of sp³-hybridized carbons (Fsp3) is 0.941. The molecule has 0 spiro atoms. The number of nitrogens with one attached hydrogen (secondary N) is 2. The summed E-state index contributed by atoms with van der Waals surface area (Å²) in [5, 5.41) is 7.94. The number of hydrogen-bond donors (Lipinski definition) is 2. The zero-order valence-corrected chi connectivity index (χ0v) is 18.2. The summed E-state index contributed by atoms with van der Waals surface area (Å²) in [4.78, 5) is 7.32. The van der Waals surface area contributed by atoms with Crippen LogP contribution in [0.15, 0.2) is 4.99 Å². The van der Waals surface area contributed by atoms with E-state index in [1.54, 1.807) is 0 Å². The van der Waals surface area contributed by atoms with Gasteiger partial charge in [0.15, 0.2) is 5.96 Å². The molecule has 2 fully saturated rings. The fourth-order valence-corrected chi connectivity index (χ4v) is 4.47. The second-order valence-electron chi connectivity index (χ2n) is 6.86. The molecule has 1 saturated heterocycles. The van der Waals surface area contributed by atoms with E-state index < -0.39 is 0 Å². The fourth-order valence-electron chi connectivity index (χ4n) is 3.65. The molecule has 0 bridgehead atoms. The van der Waals surface area contributed by atoms with Crippen LogP contribution in [0.4, 0.5) is 0 Å². The number of piperidine rings is 1. The predicted octanol–water partition coefficient (Wildman–Crippen LogP) is 3.18. The zero-order chi connectivity index (χ0) is 15.8. The maximum absolute atomic E-state index is 4.88. The van der Waals surface area contributed by atoms with E-state index in [-0.39, 0.29) is 24.0 Å². The van der Waals surface area contributed by atoms with Crippen molar-refractivity contribution in [2.45, 2.75) is 56.7 Å². The van der Waals surface area contributed by atoms with Crippen LogP contribution in [0.3, 0.4) is 0 Å². The van der Waals surface area contributed by atoms with E-state index in [2.05, 4.69) is 35.8 Å². The Balaban J connectivity index is 0.00000264. The molecule has 0 aromatic carbocycles. The minimum Gasteiger partial charge on any atom is -0.357 e. The Hall–Kier alpha value is 0.310. The highest BCUT2D eigenvalue weighted by molar-refractivity contribution is 14.0. The van der Waals surface area contributed by atoms with Gasteiger partial charge < -0.3 is 15.5 Å². The molecule has 2 aliphatic rings. The minimum atomic E-state index is 0. The van der Waals surface area contributed by atoms with E-state index in [1.807, 2.05) is 11.8 Å². The van der Waals surface area contributed by atoms with E-state index in [1.165, 1.54) is 51.6 Å². The lowest BCUT2D eigenvalue weighted by Crippen LogP contribution is -2.46. The third kappa shape index (κ3) is 7.82. The van der Waals surface area contributed by atoms with Gasteiger partial charge >= 0.3 is 0 Å². The molecule has 2 rings (SSSR count). The van der Waals surface area contributed by atoms with Crippen molar-refractivity contribution in [2.24, 2.45) is 10.9 Å². The van der Waals surface area contributed by atoms with Crippen molar-refractivity contribution < 1.29 is 0 Å². The van der Waals surface area contributed by atoms with Crippen LogP contribution in [-0.2, 0) is 0 Å². The van der Waals surface area contributed by atoms with Crippen molar-refractivity contribution in [1.29, 1.82) is 0 Å². The second kappa shape index (κ2) is 11.8. The largest absolute Gasteiger partial charge is 0.357 e. The highest BCUT2D eigenvalue weighted by Crippen LogP contribution is 2.26. The number of rotatable bonds is 5. The van der Waals surface area contributed by atoms with Gasteiger partial charge in [0.2, 0.25) is 0 Å². The number of likely N-dealkylation sites (tertiary alicyclic amines) is 1. The molecule has 0 aromatic rings. The summed E-state index contributed by atoms with van der Waals surface area (Å²) < 4.78 is 0. The molecule has 23 heavy (non-hydrogen) atoms. The Kier molecular flexibility index (Phi) is 10.9. The van der Waals surface area contributed by atoms with Gasteiger partial charge in [-0.2, -0.15) is 11.8 Å². The molecule has 0 amide bonds. The van der Waals surface area contributed by atoms with E-state index in [9.17, 15) is 0 Å². The Labute approximate surface area is 164 Å². The molecule has 0 radical (unpaired) electrons. The minimum absolute atomic E-state index is 0. The maximum Gasteiger partial charge on any atom is 0.191 e. The number of thioether (sulfide) groups is 1. The van der Waals surface area contributed by atoms with Gasteiger partial charge in [-0.05, 0) is 64.8 Å². The molecular weight excluding hydrogens is 419 g/mol. The number of halogens is 1. The molecule has 1 aliphatic carbocycles. The van der Waals surface area contributed by atoms with Gasteiger partial charge in [-0.15, -0.1) is 24.0 Å². The van der Waals surface area contributed by atoms with E-state index in [4.69, 9.17) is 4.99 Å². The van der Waals surface area contributed by atoms with Crippen LogP contribution in [0, 0.1) is 5.92 Å². The van der Waals surface area contributed by atoms with Crippen molar-refractivity contribution >= 4 is 41.7 Å². The Morgan fingerprint density at radius 3 is 2.78 bits per heavy atom. The molecule has 0 aromatic heterocycles. The van der Waals surface area contributed by atoms with Gasteiger partial charge in [0, 0.05) is 30.9 Å². The normalized spacial score (nSPS) is 29.7. The number of guanidine groups is 1. The molecule has 4 nitrogen and oxygen atoms in total. The number of nitrogens with zero attached hydrogens (tertiary/aromatic N) is 2. The van der Waals surface area contributed by atoms with Crippen LogP contribution in [-0.4, -0.2) is 61.6 Å². The summed E-state index contributed by atoms with van der Waals surface area (Å²) in [5.74, 6) is 1.75. The quantitative estimate of drug-likeness (QED) is 0.380. The van der Waals surface area contributed by atoms with Crippen LogP contribution in [0.5, 0.6) is 0 Å². The van der Waals surface area contributed by atoms with Crippen molar-refractivity contribution in [3.05, 3.63) is 0 Å². The number of aliphatic imine (C=N–C) groups is 1. The van der Waals surface area contributed by atoms with E-state index in [0.29, 0.717) is 6.04 Å². The molecule has 3 atom stereocenters. The van der Waals surface area contributed by atoms with Crippen LogP contribution >= 0.6 is 35.7 Å². The SMILES string of the molecule is CCNC(=NCC1CCCN(C)C1)NC1CCCC(SC)C1.I. The highest BCUT2D eigenvalue weighted by Gasteiger charge is 2.22. The smallest absolute Gasteiger partial charge is 0.191 e. The molecule has 1 aliphatic heterocycles. The van der Waals surface area contributed by atoms with Gasteiger partial charge in [-0.25, -0.2) is 0 Å². The summed E-state index contributed by atoms with van der Waals surface area (Å²) >= 11 is 2.02. The molecule has 1 heterocycles. The molecule has 136 valence electrons. The van der Waals surface area contributed by atoms with Gasteiger partial charge in [0.25, 0.3) is 0 Å². The summed E-state index contributed by atoms with van der Waals surface area (Å²) in [5.41, 5.74) is 0. The van der Waals surface area contributed by atoms with Gasteiger partial charge in [0.05, 0.1) is 0 Å². The molecule has 3 unspecified atom stereocenters. The van der Waals surface area contributed by atoms with Crippen molar-refractivity contribution in [3.63, 3.8) is 0 Å². The van der Waals surface area contributed by atoms with E-state index >= 15 is 0 Å². The summed E-state index contributed by atoms with van der Waals surface area (Å²) in [7, 11) is 2.23. The molecule has 1 saturated carbocycles. The monoisotopic (exact) mass is 454 g/mol. The lowest BCUT2D eigenvalue weighted by atomic mass is 9.95. The standard InChI is InChI=1S/C17H34N4S.HI/c1-4-18-17(19-12-14-7-6-10-21(2)13-14)20-15-8-5-9-16(11-15)22-3;/h14-16H,4-13H2,1-3H3,(H2,18,19,20);1H. The summed E-state index contributed by atoms with van der Waals surface area (Å²) in [6.07, 6.45) is 10.2. The Bertz CT molecular complexity index is 353. The third-order valence-electron chi connectivity index (χ3n) is 4.87. The van der Waals surface area contributed by atoms with Gasteiger partial charge in [-0.3, -0.25) is 4.99 Å². The molecular formula is C17H35IN4S. The summed E-state index contributed by atoms with van der Waals surface area (Å²) in [6.45, 7) is 6.49. The average Bonchev–Trinajstić information content (AvgIpc) is 2.53. The van der Waals surface area contributed by atoms with Crippen molar-refractivity contribution in [2.75, 3.05) is 39.5 Å². The second-order valence-corrected chi connectivity index (χ2v) is 7.99. The van der Waals surface area contributed by atoms with Crippen LogP contribution in [0.25, 0.3) is 0 Å². The molecule has 2 N–H and O–H groups in total. The van der Waals surface area contributed by atoms with Crippen LogP contribution in [0.2, 0.25) is 0 Å². The highest BCUT2D eigenvalue weighted by atomic mass is 127. The zero-order valence-electron chi connectivity index (χ0n) is 15.0. The topological polar surface area (TPSA) is 39.7 Å². The average molecular weight is 454 g/mol. The first kappa shape index (κ1) is 21.4.